The molecule has 0 amide bonds. The van der Waals surface area contributed by atoms with Crippen LogP contribution in [0.3, 0.4) is 0 Å². The van der Waals surface area contributed by atoms with Crippen molar-refractivity contribution < 1.29 is 19.8 Å². The van der Waals surface area contributed by atoms with Crippen LogP contribution >= 0.6 is 0 Å². The van der Waals surface area contributed by atoms with Gasteiger partial charge in [0.2, 0.25) is 0 Å². The Morgan fingerprint density at radius 2 is 1.24 bits per heavy atom. The smallest absolute Gasteiger partial charge is 0.309 e. The van der Waals surface area contributed by atoms with Crippen molar-refractivity contribution in [3.05, 3.63) is 34.4 Å². The molecule has 0 radical (unpaired) electrons. The zero-order chi connectivity index (χ0) is 22.2. The number of unbranched alkanes of at least 4 members (excludes halogenated alkanes) is 3. The van der Waals surface area contributed by atoms with Gasteiger partial charge in [-0.15, -0.1) is 0 Å². The molecule has 0 aliphatic rings. The van der Waals surface area contributed by atoms with Crippen LogP contribution in [-0.2, 0) is 22.4 Å². The zero-order valence-electron chi connectivity index (χ0n) is 19.2. The van der Waals surface area contributed by atoms with Crippen molar-refractivity contribution in [2.45, 2.75) is 99.3 Å². The van der Waals surface area contributed by atoms with E-state index in [0.29, 0.717) is 12.8 Å². The number of carboxylic acid groups (broad SMARTS) is 2. The highest BCUT2D eigenvalue weighted by atomic mass is 16.4. The maximum absolute atomic E-state index is 11.3. The van der Waals surface area contributed by atoms with E-state index in [1.54, 1.807) is 27.7 Å². The second-order valence-corrected chi connectivity index (χ2v) is 9.87. The van der Waals surface area contributed by atoms with E-state index in [1.165, 1.54) is 22.3 Å². The van der Waals surface area contributed by atoms with Crippen molar-refractivity contribution >= 4 is 11.9 Å². The molecule has 1 rings (SSSR count). The van der Waals surface area contributed by atoms with Crippen LogP contribution < -0.4 is 0 Å². The normalized spacial score (nSPS) is 12.2. The van der Waals surface area contributed by atoms with Crippen LogP contribution in [0.2, 0.25) is 0 Å². The summed E-state index contributed by atoms with van der Waals surface area (Å²) < 4.78 is 0. The van der Waals surface area contributed by atoms with Gasteiger partial charge in [0.05, 0.1) is 10.8 Å². The number of carboxylic acids is 2. The Hall–Kier alpha value is -1.84. The molecule has 0 saturated carbocycles. The van der Waals surface area contributed by atoms with Gasteiger partial charge in [0.1, 0.15) is 0 Å². The molecule has 2 N–H and O–H groups in total. The van der Waals surface area contributed by atoms with E-state index in [0.717, 1.165) is 44.9 Å². The minimum atomic E-state index is -0.726. The van der Waals surface area contributed by atoms with Gasteiger partial charge in [-0.1, -0.05) is 37.0 Å². The number of hydrogen-bond donors (Lipinski definition) is 2. The second kappa shape index (κ2) is 10.8. The number of aliphatic carboxylic acids is 2. The van der Waals surface area contributed by atoms with E-state index in [2.05, 4.69) is 26.0 Å². The molecule has 4 nitrogen and oxygen atoms in total. The summed E-state index contributed by atoms with van der Waals surface area (Å²) in [5, 5.41) is 18.5. The van der Waals surface area contributed by atoms with Gasteiger partial charge >= 0.3 is 11.9 Å². The highest BCUT2D eigenvalue weighted by Gasteiger charge is 2.26. The Morgan fingerprint density at radius 3 is 1.76 bits per heavy atom. The molecule has 0 unspecified atom stereocenters. The van der Waals surface area contributed by atoms with Crippen molar-refractivity contribution in [1.29, 1.82) is 0 Å². The topological polar surface area (TPSA) is 74.6 Å². The fraction of sp³-hybridized carbons (Fsp3) is 0.680. The van der Waals surface area contributed by atoms with E-state index in [9.17, 15) is 19.8 Å². The standard InChI is InChI=1S/C25H40O4/c1-18-16-19(2)21(13-9-11-15-25(5,6)23(28)29)20(17-18)12-8-7-10-14-24(3,4)22(26)27/h16-17H,7-15H2,1-6H3,(H,26,27)(H,28,29). The summed E-state index contributed by atoms with van der Waals surface area (Å²) >= 11 is 0. The molecule has 0 aliphatic carbocycles. The first-order valence-electron chi connectivity index (χ1n) is 10.9. The Kier molecular flexibility index (Phi) is 9.38. The molecule has 0 heterocycles. The molecule has 0 fully saturated rings. The Bertz CT molecular complexity index is 701. The second-order valence-electron chi connectivity index (χ2n) is 9.87. The quantitative estimate of drug-likeness (QED) is 0.376. The predicted octanol–water partition coefficient (Wildman–Crippen LogP) is 6.34. The predicted molar refractivity (Wildman–Crippen MR) is 118 cm³/mol. The molecule has 1 aromatic carbocycles. The number of benzene rings is 1. The molecule has 0 aliphatic heterocycles. The number of rotatable bonds is 13. The minimum absolute atomic E-state index is 0.644. The lowest BCUT2D eigenvalue weighted by Gasteiger charge is -2.20. The first kappa shape index (κ1) is 25.2. The minimum Gasteiger partial charge on any atom is -0.481 e. The number of carbonyl (C=O) groups is 2. The lowest BCUT2D eigenvalue weighted by Crippen LogP contribution is -2.23. The van der Waals surface area contributed by atoms with Crippen LogP contribution in [0.1, 0.15) is 94.9 Å². The molecule has 0 aromatic heterocycles. The SMILES string of the molecule is Cc1cc(C)c(CCCCC(C)(C)C(=O)O)c(CCCCCC(C)(C)C(=O)O)c1. The Balaban J connectivity index is 2.60. The van der Waals surface area contributed by atoms with Gasteiger partial charge in [-0.2, -0.15) is 0 Å². The lowest BCUT2D eigenvalue weighted by molar-refractivity contribution is -0.148. The van der Waals surface area contributed by atoms with Crippen molar-refractivity contribution in [2.75, 3.05) is 0 Å². The highest BCUT2D eigenvalue weighted by molar-refractivity contribution is 5.73. The van der Waals surface area contributed by atoms with Gasteiger partial charge in [-0.25, -0.2) is 0 Å². The van der Waals surface area contributed by atoms with E-state index < -0.39 is 22.8 Å². The van der Waals surface area contributed by atoms with Crippen molar-refractivity contribution in [2.24, 2.45) is 10.8 Å². The van der Waals surface area contributed by atoms with Gasteiger partial charge in [-0.05, 0) is 96.8 Å². The molecule has 1 aromatic rings. The molecule has 0 spiro atoms. The van der Waals surface area contributed by atoms with Crippen molar-refractivity contribution in [1.82, 2.24) is 0 Å². The van der Waals surface area contributed by atoms with Crippen molar-refractivity contribution in [3.8, 4) is 0 Å². The van der Waals surface area contributed by atoms with Crippen LogP contribution in [0, 0.1) is 24.7 Å². The van der Waals surface area contributed by atoms with Crippen LogP contribution in [0.25, 0.3) is 0 Å². The average Bonchev–Trinajstić information content (AvgIpc) is 2.59. The summed E-state index contributed by atoms with van der Waals surface area (Å²) in [7, 11) is 0. The lowest BCUT2D eigenvalue weighted by atomic mass is 9.85. The van der Waals surface area contributed by atoms with Crippen LogP contribution in [-0.4, -0.2) is 22.2 Å². The molecular formula is C25H40O4. The molecular weight excluding hydrogens is 364 g/mol. The summed E-state index contributed by atoms with van der Waals surface area (Å²) in [4.78, 5) is 22.5. The first-order chi connectivity index (χ1) is 13.4. The number of hydrogen-bond acceptors (Lipinski definition) is 2. The summed E-state index contributed by atoms with van der Waals surface area (Å²) in [6, 6.07) is 4.51. The first-order valence-corrected chi connectivity index (χ1v) is 10.9. The zero-order valence-corrected chi connectivity index (χ0v) is 19.2. The summed E-state index contributed by atoms with van der Waals surface area (Å²) in [5.41, 5.74) is 4.11. The number of aryl methyl sites for hydroxylation is 3. The maximum Gasteiger partial charge on any atom is 0.309 e. The molecule has 29 heavy (non-hydrogen) atoms. The summed E-state index contributed by atoms with van der Waals surface area (Å²) in [5.74, 6) is -1.45. The summed E-state index contributed by atoms with van der Waals surface area (Å²) in [6.45, 7) is 11.5. The molecule has 164 valence electrons. The fourth-order valence-corrected chi connectivity index (χ4v) is 3.81. The Morgan fingerprint density at radius 1 is 0.759 bits per heavy atom. The largest absolute Gasteiger partial charge is 0.481 e. The van der Waals surface area contributed by atoms with E-state index in [4.69, 9.17) is 0 Å². The third kappa shape index (κ3) is 8.20. The van der Waals surface area contributed by atoms with E-state index in [-0.39, 0.29) is 0 Å². The van der Waals surface area contributed by atoms with Gasteiger partial charge in [0, 0.05) is 0 Å². The van der Waals surface area contributed by atoms with Gasteiger partial charge in [0.15, 0.2) is 0 Å². The van der Waals surface area contributed by atoms with E-state index in [1.807, 2.05) is 0 Å². The van der Waals surface area contributed by atoms with Gasteiger partial charge in [0.25, 0.3) is 0 Å². The van der Waals surface area contributed by atoms with Gasteiger partial charge in [-0.3, -0.25) is 9.59 Å². The molecule has 0 saturated heterocycles. The monoisotopic (exact) mass is 404 g/mol. The van der Waals surface area contributed by atoms with Crippen LogP contribution in [0.15, 0.2) is 12.1 Å². The van der Waals surface area contributed by atoms with Gasteiger partial charge < -0.3 is 10.2 Å². The van der Waals surface area contributed by atoms with Crippen LogP contribution in [0.5, 0.6) is 0 Å². The maximum atomic E-state index is 11.3. The molecule has 0 atom stereocenters. The van der Waals surface area contributed by atoms with Crippen LogP contribution in [0.4, 0.5) is 0 Å². The average molecular weight is 405 g/mol. The fourth-order valence-electron chi connectivity index (χ4n) is 3.81. The highest BCUT2D eigenvalue weighted by Crippen LogP contribution is 2.27. The molecule has 0 bridgehead atoms. The Labute approximate surface area is 176 Å². The van der Waals surface area contributed by atoms with Crippen molar-refractivity contribution in [3.63, 3.8) is 0 Å². The third-order valence-electron chi connectivity index (χ3n) is 6.09. The summed E-state index contributed by atoms with van der Waals surface area (Å²) in [6.07, 6.45) is 8.37. The molecule has 4 heteroatoms. The third-order valence-corrected chi connectivity index (χ3v) is 6.09. The van der Waals surface area contributed by atoms with E-state index >= 15 is 0 Å².